The van der Waals surface area contributed by atoms with Gasteiger partial charge in [0, 0.05) is 30.5 Å². The third-order valence-corrected chi connectivity index (χ3v) is 5.01. The standard InChI is InChI=1S/C20H12Cl2N4O6/c1-11-3-2-8-23-18(11)24(19(27)14-6-4-12(25(29)30)9-16(14)21)20(28)15-7-5-13(26(31)32)10-17(15)22/h2-10H,1H3. The molecule has 12 heteroatoms. The van der Waals surface area contributed by atoms with E-state index in [1.54, 1.807) is 19.1 Å². The van der Waals surface area contributed by atoms with Gasteiger partial charge in [-0.15, -0.1) is 0 Å². The Labute approximate surface area is 190 Å². The number of carbonyl (C=O) groups excluding carboxylic acids is 2. The molecule has 0 aliphatic carbocycles. The molecule has 3 rings (SSSR count). The Balaban J connectivity index is 2.15. The van der Waals surface area contributed by atoms with Crippen molar-refractivity contribution in [1.29, 1.82) is 0 Å². The lowest BCUT2D eigenvalue weighted by Gasteiger charge is -2.22. The summed E-state index contributed by atoms with van der Waals surface area (Å²) in [5.41, 5.74) is -0.582. The maximum absolute atomic E-state index is 13.4. The van der Waals surface area contributed by atoms with Gasteiger partial charge >= 0.3 is 0 Å². The Morgan fingerprint density at radius 1 is 0.875 bits per heavy atom. The van der Waals surface area contributed by atoms with E-state index < -0.39 is 21.7 Å². The molecule has 0 N–H and O–H groups in total. The molecule has 0 radical (unpaired) electrons. The molecule has 32 heavy (non-hydrogen) atoms. The number of imide groups is 1. The lowest BCUT2D eigenvalue weighted by Crippen LogP contribution is -2.38. The predicted octanol–water partition coefficient (Wildman–Crippen LogP) is 5.00. The van der Waals surface area contributed by atoms with Crippen molar-refractivity contribution in [2.75, 3.05) is 4.90 Å². The minimum atomic E-state index is -0.911. The summed E-state index contributed by atoms with van der Waals surface area (Å²) in [5, 5.41) is 21.4. The Hall–Kier alpha value is -3.89. The zero-order valence-electron chi connectivity index (χ0n) is 16.2. The molecular formula is C20H12Cl2N4O6. The van der Waals surface area contributed by atoms with Crippen LogP contribution in [0.3, 0.4) is 0 Å². The van der Waals surface area contributed by atoms with Gasteiger partial charge < -0.3 is 0 Å². The number of benzene rings is 2. The number of carbonyl (C=O) groups is 2. The fraction of sp³-hybridized carbons (Fsp3) is 0.0500. The van der Waals surface area contributed by atoms with Crippen LogP contribution in [0.2, 0.25) is 10.0 Å². The van der Waals surface area contributed by atoms with Crippen molar-refractivity contribution < 1.29 is 19.4 Å². The minimum absolute atomic E-state index is 0.0219. The smallest absolute Gasteiger partial charge is 0.268 e. The van der Waals surface area contributed by atoms with E-state index in [0.717, 1.165) is 41.3 Å². The predicted molar refractivity (Wildman–Crippen MR) is 116 cm³/mol. The molecule has 0 bridgehead atoms. The summed E-state index contributed by atoms with van der Waals surface area (Å²) in [6.45, 7) is 1.62. The molecule has 3 aromatic rings. The zero-order chi connectivity index (χ0) is 23.6. The molecule has 0 aliphatic rings. The van der Waals surface area contributed by atoms with E-state index in [1.807, 2.05) is 0 Å². The van der Waals surface area contributed by atoms with Crippen molar-refractivity contribution in [3.63, 3.8) is 0 Å². The number of pyridine rings is 1. The number of aromatic nitrogens is 1. The number of halogens is 2. The summed E-state index contributed by atoms with van der Waals surface area (Å²) >= 11 is 12.2. The molecule has 1 heterocycles. The molecule has 10 nitrogen and oxygen atoms in total. The number of non-ortho nitro benzene ring substituents is 2. The summed E-state index contributed by atoms with van der Waals surface area (Å²) in [4.78, 5) is 52.1. The second-order valence-electron chi connectivity index (χ2n) is 6.43. The number of nitrogens with zero attached hydrogens (tertiary/aromatic N) is 4. The Morgan fingerprint density at radius 2 is 1.34 bits per heavy atom. The molecule has 0 saturated carbocycles. The summed E-state index contributed by atoms with van der Waals surface area (Å²) in [6, 6.07) is 9.59. The van der Waals surface area contributed by atoms with Crippen LogP contribution in [0.25, 0.3) is 0 Å². The first kappa shape index (κ1) is 22.8. The van der Waals surface area contributed by atoms with Crippen LogP contribution in [-0.4, -0.2) is 26.6 Å². The zero-order valence-corrected chi connectivity index (χ0v) is 17.7. The largest absolute Gasteiger partial charge is 0.270 e. The molecule has 1 aromatic heterocycles. The molecule has 0 saturated heterocycles. The fourth-order valence-corrected chi connectivity index (χ4v) is 3.33. The Bertz CT molecular complexity index is 1210. The van der Waals surface area contributed by atoms with Crippen LogP contribution in [0, 0.1) is 27.2 Å². The third kappa shape index (κ3) is 4.41. The summed E-state index contributed by atoms with van der Waals surface area (Å²) in [5.74, 6) is -1.84. The van der Waals surface area contributed by atoms with E-state index in [1.165, 1.54) is 6.20 Å². The first-order valence-electron chi connectivity index (χ1n) is 8.80. The van der Waals surface area contributed by atoms with Gasteiger partial charge in [0.15, 0.2) is 0 Å². The number of aryl methyl sites for hydroxylation is 1. The maximum Gasteiger partial charge on any atom is 0.270 e. The van der Waals surface area contributed by atoms with E-state index in [4.69, 9.17) is 23.2 Å². The highest BCUT2D eigenvalue weighted by Crippen LogP contribution is 2.30. The van der Waals surface area contributed by atoms with Gasteiger partial charge in [0.05, 0.1) is 31.0 Å². The molecule has 0 fully saturated rings. The average Bonchev–Trinajstić information content (AvgIpc) is 2.74. The number of nitro groups is 2. The van der Waals surface area contributed by atoms with E-state index in [9.17, 15) is 29.8 Å². The first-order chi connectivity index (χ1) is 15.1. The van der Waals surface area contributed by atoms with Gasteiger partial charge in [0.1, 0.15) is 5.82 Å². The normalized spacial score (nSPS) is 10.5. The second-order valence-corrected chi connectivity index (χ2v) is 7.25. The van der Waals surface area contributed by atoms with E-state index in [2.05, 4.69) is 4.98 Å². The summed E-state index contributed by atoms with van der Waals surface area (Å²) in [6.07, 6.45) is 1.37. The van der Waals surface area contributed by atoms with Crippen LogP contribution in [0.15, 0.2) is 54.7 Å². The number of hydrogen-bond acceptors (Lipinski definition) is 7. The maximum atomic E-state index is 13.4. The van der Waals surface area contributed by atoms with Gasteiger partial charge in [-0.2, -0.15) is 0 Å². The number of amides is 2. The highest BCUT2D eigenvalue weighted by molar-refractivity contribution is 6.39. The first-order valence-corrected chi connectivity index (χ1v) is 9.55. The van der Waals surface area contributed by atoms with Crippen LogP contribution in [0.1, 0.15) is 26.3 Å². The molecule has 0 atom stereocenters. The van der Waals surface area contributed by atoms with Gasteiger partial charge in [-0.25, -0.2) is 9.88 Å². The van der Waals surface area contributed by atoms with Crippen LogP contribution >= 0.6 is 23.2 Å². The van der Waals surface area contributed by atoms with Crippen molar-refractivity contribution in [1.82, 2.24) is 4.98 Å². The van der Waals surface area contributed by atoms with Crippen LogP contribution in [0.4, 0.5) is 17.2 Å². The number of hydrogen-bond donors (Lipinski definition) is 0. The van der Waals surface area contributed by atoms with Crippen molar-refractivity contribution in [2.45, 2.75) is 6.92 Å². The number of anilines is 1. The fourth-order valence-electron chi connectivity index (χ4n) is 2.82. The molecule has 2 aromatic carbocycles. The van der Waals surface area contributed by atoms with Gasteiger partial charge in [0.2, 0.25) is 0 Å². The van der Waals surface area contributed by atoms with Crippen molar-refractivity contribution in [3.05, 3.63) is 102 Å². The summed E-state index contributed by atoms with van der Waals surface area (Å²) < 4.78 is 0. The molecular weight excluding hydrogens is 463 g/mol. The van der Waals surface area contributed by atoms with Gasteiger partial charge in [-0.3, -0.25) is 29.8 Å². The summed E-state index contributed by atoms with van der Waals surface area (Å²) in [7, 11) is 0. The van der Waals surface area contributed by atoms with Crippen molar-refractivity contribution in [2.24, 2.45) is 0 Å². The Kier molecular flexibility index (Phi) is 6.47. The van der Waals surface area contributed by atoms with Crippen LogP contribution in [0.5, 0.6) is 0 Å². The molecule has 162 valence electrons. The highest BCUT2D eigenvalue weighted by Gasteiger charge is 2.31. The van der Waals surface area contributed by atoms with Crippen molar-refractivity contribution in [3.8, 4) is 0 Å². The van der Waals surface area contributed by atoms with Gasteiger partial charge in [-0.1, -0.05) is 29.3 Å². The second kappa shape index (κ2) is 9.08. The highest BCUT2D eigenvalue weighted by atomic mass is 35.5. The quantitative estimate of drug-likeness (QED) is 0.288. The average molecular weight is 475 g/mol. The van der Waals surface area contributed by atoms with Crippen LogP contribution < -0.4 is 4.90 Å². The van der Waals surface area contributed by atoms with E-state index >= 15 is 0 Å². The van der Waals surface area contributed by atoms with E-state index in [0.29, 0.717) is 5.56 Å². The number of rotatable bonds is 5. The molecule has 0 spiro atoms. The Morgan fingerprint density at radius 3 is 1.72 bits per heavy atom. The van der Waals surface area contributed by atoms with Crippen molar-refractivity contribution >= 4 is 52.2 Å². The number of nitro benzene ring substituents is 2. The van der Waals surface area contributed by atoms with Crippen LogP contribution in [-0.2, 0) is 0 Å². The lowest BCUT2D eigenvalue weighted by atomic mass is 10.1. The topological polar surface area (TPSA) is 137 Å². The minimum Gasteiger partial charge on any atom is -0.268 e. The molecule has 0 unspecified atom stereocenters. The SMILES string of the molecule is Cc1cccnc1N(C(=O)c1ccc([N+](=O)[O-])cc1Cl)C(=O)c1ccc([N+](=O)[O-])cc1Cl. The van der Waals surface area contributed by atoms with E-state index in [-0.39, 0.29) is 38.4 Å². The molecule has 2 amide bonds. The third-order valence-electron chi connectivity index (χ3n) is 4.39. The van der Waals surface area contributed by atoms with Gasteiger partial charge in [0.25, 0.3) is 23.2 Å². The monoisotopic (exact) mass is 474 g/mol. The van der Waals surface area contributed by atoms with Gasteiger partial charge in [-0.05, 0) is 30.7 Å². The molecule has 0 aliphatic heterocycles. The lowest BCUT2D eigenvalue weighted by molar-refractivity contribution is -0.385.